The molecule has 2 aromatic heterocycles. The molecule has 0 bridgehead atoms. The van der Waals surface area contributed by atoms with Crippen molar-refractivity contribution in [2.45, 2.75) is 50.6 Å². The second-order valence-electron chi connectivity index (χ2n) is 9.70. The minimum atomic E-state index is -3.62. The third kappa shape index (κ3) is 4.85. The minimum Gasteiger partial charge on any atom is -0.336 e. The van der Waals surface area contributed by atoms with Gasteiger partial charge in [-0.1, -0.05) is 18.6 Å². The second kappa shape index (κ2) is 9.72. The van der Waals surface area contributed by atoms with Crippen molar-refractivity contribution >= 4 is 21.6 Å². The molecule has 0 spiro atoms. The van der Waals surface area contributed by atoms with Crippen molar-refractivity contribution < 1.29 is 13.2 Å². The number of imidazole rings is 1. The number of carbonyl (C=O) groups excluding carboxylic acids is 1. The molecule has 2 fully saturated rings. The second-order valence-corrected chi connectivity index (χ2v) is 11.6. The number of pyridine rings is 1. The van der Waals surface area contributed by atoms with Crippen LogP contribution in [0.25, 0.3) is 5.65 Å². The fraction of sp³-hybridized carbons (Fsp3) is 0.462. The maximum Gasteiger partial charge on any atom is 0.254 e. The Hall–Kier alpha value is -2.75. The topological polar surface area (TPSA) is 78.2 Å². The van der Waals surface area contributed by atoms with Crippen LogP contribution in [0.5, 0.6) is 0 Å². The first-order chi connectivity index (χ1) is 16.8. The molecule has 2 aliphatic rings. The molecule has 0 radical (unpaired) electrons. The maximum atomic E-state index is 13.4. The summed E-state index contributed by atoms with van der Waals surface area (Å²) < 4.78 is 30.3. The quantitative estimate of drug-likeness (QED) is 0.543. The fourth-order valence-corrected chi connectivity index (χ4v) is 6.85. The molecule has 0 N–H and O–H groups in total. The Kier molecular flexibility index (Phi) is 6.65. The molecular formula is C26H33N5O3S. The van der Waals surface area contributed by atoms with Gasteiger partial charge in [0, 0.05) is 63.3 Å². The van der Waals surface area contributed by atoms with Crippen LogP contribution >= 0.6 is 0 Å². The van der Waals surface area contributed by atoms with E-state index >= 15 is 0 Å². The van der Waals surface area contributed by atoms with E-state index in [0.29, 0.717) is 25.2 Å². The van der Waals surface area contributed by atoms with E-state index in [-0.39, 0.29) is 16.8 Å². The number of aryl methyl sites for hydroxylation is 1. The van der Waals surface area contributed by atoms with E-state index in [2.05, 4.69) is 9.88 Å². The zero-order valence-corrected chi connectivity index (χ0v) is 21.2. The van der Waals surface area contributed by atoms with Crippen molar-refractivity contribution in [3.63, 3.8) is 0 Å². The number of carbonyl (C=O) groups is 1. The predicted molar refractivity (Wildman–Crippen MR) is 135 cm³/mol. The lowest BCUT2D eigenvalue weighted by molar-refractivity contribution is 0.0626. The molecule has 4 heterocycles. The monoisotopic (exact) mass is 495 g/mol. The first-order valence-electron chi connectivity index (χ1n) is 12.4. The summed E-state index contributed by atoms with van der Waals surface area (Å²) in [6, 6.07) is 10.9. The zero-order chi connectivity index (χ0) is 24.6. The number of aromatic nitrogens is 2. The highest BCUT2D eigenvalue weighted by Crippen LogP contribution is 2.27. The van der Waals surface area contributed by atoms with Crippen LogP contribution in [0.4, 0.5) is 0 Å². The van der Waals surface area contributed by atoms with Crippen LogP contribution in [-0.4, -0.2) is 76.6 Å². The fourth-order valence-electron chi connectivity index (χ4n) is 5.13. The molecule has 9 heteroatoms. The smallest absolute Gasteiger partial charge is 0.254 e. The highest BCUT2D eigenvalue weighted by molar-refractivity contribution is 7.89. The molecule has 3 aromatic rings. The van der Waals surface area contributed by atoms with Gasteiger partial charge in [0.25, 0.3) is 5.91 Å². The van der Waals surface area contributed by atoms with E-state index in [1.165, 1.54) is 0 Å². The van der Waals surface area contributed by atoms with E-state index in [4.69, 9.17) is 0 Å². The molecule has 186 valence electrons. The lowest BCUT2D eigenvalue weighted by Gasteiger charge is -2.35. The van der Waals surface area contributed by atoms with Crippen LogP contribution in [0.15, 0.2) is 53.7 Å². The normalized spacial score (nSPS) is 20.4. The molecule has 1 unspecified atom stereocenters. The van der Waals surface area contributed by atoms with Gasteiger partial charge in [-0.25, -0.2) is 13.4 Å². The van der Waals surface area contributed by atoms with Crippen molar-refractivity contribution in [2.75, 3.05) is 32.7 Å². The number of piperidine rings is 1. The Labute approximate surface area is 207 Å². The van der Waals surface area contributed by atoms with Gasteiger partial charge in [0.05, 0.1) is 10.6 Å². The molecular weight excluding hydrogens is 462 g/mol. The number of fused-ring (bicyclic) bond motifs is 1. The van der Waals surface area contributed by atoms with Crippen molar-refractivity contribution in [3.05, 3.63) is 65.6 Å². The van der Waals surface area contributed by atoms with E-state index in [1.54, 1.807) is 22.5 Å². The largest absolute Gasteiger partial charge is 0.336 e. The Morgan fingerprint density at radius 2 is 1.86 bits per heavy atom. The first kappa shape index (κ1) is 24.0. The van der Waals surface area contributed by atoms with Gasteiger partial charge in [0.1, 0.15) is 5.65 Å². The summed E-state index contributed by atoms with van der Waals surface area (Å²) in [4.78, 5) is 22.4. The maximum absolute atomic E-state index is 13.4. The van der Waals surface area contributed by atoms with Crippen molar-refractivity contribution in [2.24, 2.45) is 0 Å². The number of benzene rings is 1. The first-order valence-corrected chi connectivity index (χ1v) is 13.8. The molecule has 0 saturated carbocycles. The van der Waals surface area contributed by atoms with Gasteiger partial charge in [-0.15, -0.1) is 0 Å². The average molecular weight is 496 g/mol. The number of amides is 1. The van der Waals surface area contributed by atoms with Crippen LogP contribution in [0.3, 0.4) is 0 Å². The summed E-state index contributed by atoms with van der Waals surface area (Å²) in [5, 5.41) is 0. The van der Waals surface area contributed by atoms with Gasteiger partial charge >= 0.3 is 0 Å². The Morgan fingerprint density at radius 1 is 1.06 bits per heavy atom. The van der Waals surface area contributed by atoms with Crippen LogP contribution in [0.2, 0.25) is 0 Å². The zero-order valence-electron chi connectivity index (χ0n) is 20.4. The Balaban J connectivity index is 1.26. The number of sulfonamides is 1. The summed E-state index contributed by atoms with van der Waals surface area (Å²) in [5.74, 6) is -0.0985. The summed E-state index contributed by atoms with van der Waals surface area (Å²) in [5.41, 5.74) is 3.22. The van der Waals surface area contributed by atoms with Crippen LogP contribution in [0, 0.1) is 6.92 Å². The van der Waals surface area contributed by atoms with Crippen molar-refractivity contribution in [3.8, 4) is 0 Å². The lowest BCUT2D eigenvalue weighted by atomic mass is 10.1. The highest BCUT2D eigenvalue weighted by Gasteiger charge is 2.32. The molecule has 2 saturated heterocycles. The van der Waals surface area contributed by atoms with Gasteiger partial charge in [-0.05, 0) is 56.5 Å². The summed E-state index contributed by atoms with van der Waals surface area (Å²) >= 11 is 0. The molecule has 1 amide bonds. The summed E-state index contributed by atoms with van der Waals surface area (Å²) in [6.07, 6.45) is 6.83. The van der Waals surface area contributed by atoms with E-state index in [1.807, 2.05) is 53.7 Å². The number of hydrogen-bond acceptors (Lipinski definition) is 5. The molecule has 2 aliphatic heterocycles. The number of rotatable bonds is 5. The number of piperazine rings is 1. The van der Waals surface area contributed by atoms with E-state index in [0.717, 1.165) is 55.8 Å². The molecule has 8 nitrogen and oxygen atoms in total. The van der Waals surface area contributed by atoms with E-state index in [9.17, 15) is 13.2 Å². The third-order valence-electron chi connectivity index (χ3n) is 7.25. The molecule has 1 aromatic carbocycles. The molecule has 0 aliphatic carbocycles. The third-order valence-corrected chi connectivity index (χ3v) is 9.26. The van der Waals surface area contributed by atoms with Gasteiger partial charge in [0.2, 0.25) is 10.0 Å². The Bertz CT molecular complexity index is 1290. The number of hydrogen-bond donors (Lipinski definition) is 0. The SMILES string of the molecule is Cc1ccc(S(=O)(=O)N2CCCCC2C)cc1C(=O)N1CCN(Cc2cn3ccccc3n2)CC1. The van der Waals surface area contributed by atoms with E-state index < -0.39 is 10.0 Å². The molecule has 5 rings (SSSR count). The van der Waals surface area contributed by atoms with Crippen LogP contribution < -0.4 is 0 Å². The molecule has 1 atom stereocenters. The summed E-state index contributed by atoms with van der Waals surface area (Å²) in [7, 11) is -3.62. The highest BCUT2D eigenvalue weighted by atomic mass is 32.2. The van der Waals surface area contributed by atoms with Crippen LogP contribution in [0.1, 0.15) is 47.8 Å². The number of nitrogens with zero attached hydrogens (tertiary/aromatic N) is 5. The van der Waals surface area contributed by atoms with Gasteiger partial charge in [-0.3, -0.25) is 9.69 Å². The van der Waals surface area contributed by atoms with Crippen molar-refractivity contribution in [1.29, 1.82) is 0 Å². The lowest BCUT2D eigenvalue weighted by Crippen LogP contribution is -2.48. The summed E-state index contributed by atoms with van der Waals surface area (Å²) in [6.45, 7) is 7.82. The van der Waals surface area contributed by atoms with Crippen LogP contribution in [-0.2, 0) is 16.6 Å². The Morgan fingerprint density at radius 3 is 2.60 bits per heavy atom. The van der Waals surface area contributed by atoms with Crippen molar-refractivity contribution in [1.82, 2.24) is 23.5 Å². The minimum absolute atomic E-state index is 0.0183. The van der Waals surface area contributed by atoms with Gasteiger partial charge in [-0.2, -0.15) is 4.31 Å². The average Bonchev–Trinajstić information content (AvgIpc) is 3.27. The molecule has 35 heavy (non-hydrogen) atoms. The van der Waals surface area contributed by atoms with Gasteiger partial charge < -0.3 is 9.30 Å². The predicted octanol–water partition coefficient (Wildman–Crippen LogP) is 3.16. The standard InChI is InChI=1S/C26H33N5O3S/c1-20-9-10-23(35(33,34)31-12-6-3-7-21(31)2)17-24(20)26(32)29-15-13-28(14-16-29)18-22-19-30-11-5-4-8-25(30)27-22/h4-5,8-11,17,19,21H,3,6-7,12-16,18H2,1-2H3. The van der Waals surface area contributed by atoms with Gasteiger partial charge in [0.15, 0.2) is 0 Å².